The summed E-state index contributed by atoms with van der Waals surface area (Å²) in [6, 6.07) is 0. The minimum absolute atomic E-state index is 0.00639. The molecule has 3 heterocycles. The lowest BCUT2D eigenvalue weighted by atomic mass is 10.4. The number of rotatable bonds is 8. The van der Waals surface area contributed by atoms with E-state index in [2.05, 4.69) is 28.1 Å². The van der Waals surface area contributed by atoms with Gasteiger partial charge in [0.15, 0.2) is 22.7 Å². The van der Waals surface area contributed by atoms with Crippen LogP contribution in [-0.4, -0.2) is 49.3 Å². The average Bonchev–Trinajstić information content (AvgIpc) is 3.13. The summed E-state index contributed by atoms with van der Waals surface area (Å²) in [5.41, 5.74) is 5.84. The molecule has 3 rings (SSSR count). The van der Waals surface area contributed by atoms with E-state index in [1.807, 2.05) is 0 Å². The Bertz CT molecular complexity index is 1280. The van der Waals surface area contributed by atoms with Gasteiger partial charge in [-0.25, -0.2) is 33.2 Å². The van der Waals surface area contributed by atoms with E-state index in [4.69, 9.17) is 24.8 Å². The highest BCUT2D eigenvalue weighted by molar-refractivity contribution is 7.66. The van der Waals surface area contributed by atoms with Gasteiger partial charge in [0.1, 0.15) is 19.3 Å². The molecule has 0 aliphatic heterocycles. The summed E-state index contributed by atoms with van der Waals surface area (Å²) in [6.07, 6.45) is 2.20. The number of hydrogen-bond donors (Lipinski definition) is 7. The molecule has 21 heteroatoms. The van der Waals surface area contributed by atoms with E-state index >= 15 is 0 Å². The molecule has 0 amide bonds. The fourth-order valence-electron chi connectivity index (χ4n) is 2.15. The molecule has 31 heavy (non-hydrogen) atoms. The van der Waals surface area contributed by atoms with Gasteiger partial charge in [-0.15, -0.1) is 0 Å². The van der Waals surface area contributed by atoms with Crippen LogP contribution in [0.2, 0.25) is 0 Å². The second kappa shape index (κ2) is 7.96. The molecule has 3 aromatic rings. The maximum absolute atomic E-state index is 11.7. The van der Waals surface area contributed by atoms with E-state index in [1.54, 1.807) is 0 Å². The monoisotopic (exact) mass is 503 g/mol. The van der Waals surface area contributed by atoms with E-state index in [9.17, 15) is 28.8 Å². The Hall–Kier alpha value is -2.36. The zero-order chi connectivity index (χ0) is 23.2. The number of nitrogens with two attached hydrogens (primary N) is 1. The van der Waals surface area contributed by atoms with Crippen molar-refractivity contribution in [1.82, 2.24) is 19.5 Å². The Morgan fingerprint density at radius 3 is 2.32 bits per heavy atom. The minimum Gasteiger partial charge on any atom is -0.502 e. The van der Waals surface area contributed by atoms with Crippen LogP contribution in [0.25, 0.3) is 17.0 Å². The molecular formula is C10H12N5O13P3. The number of nitrogens with zero attached hydrogens (tertiary/aromatic N) is 4. The van der Waals surface area contributed by atoms with Gasteiger partial charge in [-0.1, -0.05) is 0 Å². The largest absolute Gasteiger partial charge is 0.502 e. The number of aromatic hydroxyl groups is 2. The Labute approximate surface area is 170 Å². The summed E-state index contributed by atoms with van der Waals surface area (Å²) in [5.74, 6) is -2.91. The van der Waals surface area contributed by atoms with Crippen molar-refractivity contribution in [2.45, 2.75) is 6.61 Å². The average molecular weight is 503 g/mol. The first-order valence-corrected chi connectivity index (χ1v) is 12.0. The maximum Gasteiger partial charge on any atom is 0.490 e. The lowest BCUT2D eigenvalue weighted by Gasteiger charge is -2.15. The Balaban J connectivity index is 1.82. The molecule has 0 radical (unpaired) electrons. The highest BCUT2D eigenvalue weighted by Gasteiger charge is 2.41. The van der Waals surface area contributed by atoms with E-state index in [0.717, 1.165) is 17.2 Å². The molecule has 0 aliphatic rings. The quantitative estimate of drug-likeness (QED) is 0.203. The number of phosphoric acid groups is 3. The van der Waals surface area contributed by atoms with Crippen LogP contribution in [0.4, 0.5) is 5.82 Å². The topological polar surface area (TPSA) is 283 Å². The summed E-state index contributed by atoms with van der Waals surface area (Å²) in [6.45, 7) is -1.12. The first-order chi connectivity index (χ1) is 14.2. The number of anilines is 1. The third kappa shape index (κ3) is 5.28. The van der Waals surface area contributed by atoms with Gasteiger partial charge in [0.2, 0.25) is 11.5 Å². The third-order valence-corrected chi connectivity index (χ3v) is 7.05. The second-order valence-corrected chi connectivity index (χ2v) is 9.86. The van der Waals surface area contributed by atoms with Crippen LogP contribution >= 0.6 is 23.5 Å². The number of furan rings is 1. The number of phosphoric ester groups is 1. The van der Waals surface area contributed by atoms with Crippen LogP contribution in [0.5, 0.6) is 11.5 Å². The highest BCUT2D eigenvalue weighted by atomic mass is 31.3. The molecule has 0 fully saturated rings. The second-order valence-electron chi connectivity index (χ2n) is 5.44. The lowest BCUT2D eigenvalue weighted by molar-refractivity contribution is 0.156. The summed E-state index contributed by atoms with van der Waals surface area (Å²) in [5, 5.41) is 20.1. The molecule has 18 nitrogen and oxygen atoms in total. The third-order valence-electron chi connectivity index (χ3n) is 3.27. The standard InChI is InChI=1S/C10H12N5O13P3/c11-8-5-9(13-2-12-8)15(3-14-5)10-7(17)6(16)4(26-10)1-25-30(21,22)28-31(23,24)27-29(18,19)20/h2-3,16-17H,1H2,(H,21,22)(H,23,24)(H2,11,12,13)(H2,18,19,20). The normalized spacial score (nSPS) is 16.3. The van der Waals surface area contributed by atoms with Gasteiger partial charge >= 0.3 is 23.5 Å². The van der Waals surface area contributed by atoms with Crippen molar-refractivity contribution in [3.05, 3.63) is 18.4 Å². The molecule has 170 valence electrons. The van der Waals surface area contributed by atoms with E-state index in [1.165, 1.54) is 0 Å². The summed E-state index contributed by atoms with van der Waals surface area (Å²) in [4.78, 5) is 47.0. The van der Waals surface area contributed by atoms with Crippen LogP contribution in [0.3, 0.4) is 0 Å². The first-order valence-electron chi connectivity index (χ1n) is 7.45. The fraction of sp³-hybridized carbons (Fsp3) is 0.100. The predicted octanol–water partition coefficient (Wildman–Crippen LogP) is 0.245. The Kier molecular flexibility index (Phi) is 5.98. The summed E-state index contributed by atoms with van der Waals surface area (Å²) >= 11 is 0. The van der Waals surface area contributed by atoms with Crippen molar-refractivity contribution in [2.24, 2.45) is 0 Å². The number of nitrogen functional groups attached to an aromatic ring is 1. The van der Waals surface area contributed by atoms with Gasteiger partial charge in [0.05, 0.1) is 0 Å². The predicted molar refractivity (Wildman–Crippen MR) is 95.3 cm³/mol. The molecule has 0 saturated heterocycles. The number of aromatic nitrogens is 4. The van der Waals surface area contributed by atoms with Gasteiger partial charge < -0.3 is 39.9 Å². The van der Waals surface area contributed by atoms with E-state index < -0.39 is 53.2 Å². The minimum atomic E-state index is -5.73. The number of imidazole rings is 1. The molecule has 2 atom stereocenters. The molecule has 0 aromatic carbocycles. The molecular weight excluding hydrogens is 491 g/mol. The van der Waals surface area contributed by atoms with Crippen molar-refractivity contribution >= 4 is 40.4 Å². The molecule has 8 N–H and O–H groups in total. The first kappa shape index (κ1) is 23.3. The van der Waals surface area contributed by atoms with E-state index in [-0.39, 0.29) is 17.0 Å². The van der Waals surface area contributed by atoms with Crippen molar-refractivity contribution in [2.75, 3.05) is 5.73 Å². The summed E-state index contributed by atoms with van der Waals surface area (Å²) in [7, 11) is -16.8. The fourth-order valence-corrected chi connectivity index (χ4v) is 5.13. The Morgan fingerprint density at radius 1 is 1.00 bits per heavy atom. The number of fused-ring (bicyclic) bond motifs is 1. The molecule has 0 aliphatic carbocycles. The van der Waals surface area contributed by atoms with Gasteiger partial charge in [-0.05, 0) is 0 Å². The van der Waals surface area contributed by atoms with Gasteiger partial charge in [0.25, 0.3) is 5.88 Å². The lowest BCUT2D eigenvalue weighted by Crippen LogP contribution is -1.97. The van der Waals surface area contributed by atoms with Gasteiger partial charge in [-0.2, -0.15) is 8.62 Å². The van der Waals surface area contributed by atoms with E-state index in [0.29, 0.717) is 0 Å². The molecule has 0 spiro atoms. The smallest absolute Gasteiger partial charge is 0.490 e. The molecule has 3 aromatic heterocycles. The van der Waals surface area contributed by atoms with Crippen molar-refractivity contribution in [3.63, 3.8) is 0 Å². The van der Waals surface area contributed by atoms with Crippen LogP contribution in [0.1, 0.15) is 5.76 Å². The number of hydrogen-bond acceptors (Lipinski definition) is 13. The van der Waals surface area contributed by atoms with Crippen LogP contribution in [-0.2, 0) is 33.4 Å². The zero-order valence-corrected chi connectivity index (χ0v) is 17.3. The molecule has 0 saturated carbocycles. The Morgan fingerprint density at radius 2 is 1.68 bits per heavy atom. The van der Waals surface area contributed by atoms with Crippen molar-refractivity contribution in [1.29, 1.82) is 0 Å². The SMILES string of the molecule is Nc1ncnc2c1ncn2-c1oc(COP(=O)(O)OP(=O)(O)OP(=O)(O)O)c(O)c1O. The van der Waals surface area contributed by atoms with Gasteiger partial charge in [-0.3, -0.25) is 4.52 Å². The van der Waals surface area contributed by atoms with Crippen LogP contribution < -0.4 is 5.73 Å². The molecule has 2 unspecified atom stereocenters. The van der Waals surface area contributed by atoms with Crippen LogP contribution in [0, 0.1) is 0 Å². The molecule has 0 bridgehead atoms. The van der Waals surface area contributed by atoms with Crippen molar-refractivity contribution in [3.8, 4) is 17.4 Å². The zero-order valence-electron chi connectivity index (χ0n) is 14.6. The highest BCUT2D eigenvalue weighted by Crippen LogP contribution is 2.66. The maximum atomic E-state index is 11.7. The van der Waals surface area contributed by atoms with Crippen LogP contribution in [0.15, 0.2) is 17.1 Å². The summed E-state index contributed by atoms with van der Waals surface area (Å²) < 4.78 is 51.3. The van der Waals surface area contributed by atoms with Gasteiger partial charge in [0, 0.05) is 0 Å². The van der Waals surface area contributed by atoms with Crippen molar-refractivity contribution < 1.29 is 61.0 Å².